The van der Waals surface area contributed by atoms with Crippen molar-refractivity contribution < 1.29 is 18.0 Å². The van der Waals surface area contributed by atoms with Crippen molar-refractivity contribution in [2.45, 2.75) is 23.8 Å². The van der Waals surface area contributed by atoms with Crippen LogP contribution in [0.25, 0.3) is 0 Å². The third-order valence-electron chi connectivity index (χ3n) is 4.10. The summed E-state index contributed by atoms with van der Waals surface area (Å²) in [6.07, 6.45) is 1.71. The van der Waals surface area contributed by atoms with Crippen LogP contribution in [-0.2, 0) is 10.0 Å². The SMILES string of the molecule is O=C1c2ccccc2C(=O)N1c1ccc(S(=O)(=O)NC2CC2)cc1. The van der Waals surface area contributed by atoms with E-state index < -0.39 is 21.8 Å². The van der Waals surface area contributed by atoms with E-state index in [1.165, 1.54) is 24.3 Å². The summed E-state index contributed by atoms with van der Waals surface area (Å²) in [5.41, 5.74) is 1.07. The number of nitrogens with one attached hydrogen (secondary N) is 1. The molecule has 1 saturated carbocycles. The van der Waals surface area contributed by atoms with Gasteiger partial charge in [-0.2, -0.15) is 0 Å². The van der Waals surface area contributed by atoms with Gasteiger partial charge >= 0.3 is 0 Å². The first-order chi connectivity index (χ1) is 11.5. The summed E-state index contributed by atoms with van der Waals surface area (Å²) in [5, 5.41) is 0. The maximum atomic E-state index is 12.4. The Morgan fingerprint density at radius 3 is 1.92 bits per heavy atom. The van der Waals surface area contributed by atoms with Crippen molar-refractivity contribution in [1.82, 2.24) is 4.72 Å². The molecule has 24 heavy (non-hydrogen) atoms. The number of carbonyl (C=O) groups is 2. The van der Waals surface area contributed by atoms with Crippen molar-refractivity contribution in [2.75, 3.05) is 4.90 Å². The summed E-state index contributed by atoms with van der Waals surface area (Å²) in [6, 6.07) is 12.4. The van der Waals surface area contributed by atoms with E-state index in [1.807, 2.05) is 0 Å². The first-order valence-electron chi connectivity index (χ1n) is 7.57. The Balaban J connectivity index is 1.64. The Morgan fingerprint density at radius 2 is 1.42 bits per heavy atom. The molecule has 122 valence electrons. The van der Waals surface area contributed by atoms with E-state index in [4.69, 9.17) is 0 Å². The lowest BCUT2D eigenvalue weighted by molar-refractivity contribution is 0.0926. The second-order valence-electron chi connectivity index (χ2n) is 5.88. The van der Waals surface area contributed by atoms with Gasteiger partial charge in [0.15, 0.2) is 0 Å². The molecule has 1 aliphatic carbocycles. The van der Waals surface area contributed by atoms with Gasteiger partial charge in [0.1, 0.15) is 0 Å². The molecule has 2 aromatic rings. The van der Waals surface area contributed by atoms with Crippen molar-refractivity contribution in [1.29, 1.82) is 0 Å². The Kier molecular flexibility index (Phi) is 3.29. The van der Waals surface area contributed by atoms with E-state index in [0.717, 1.165) is 17.7 Å². The molecule has 0 radical (unpaired) electrons. The van der Waals surface area contributed by atoms with Crippen LogP contribution in [0.4, 0.5) is 5.69 Å². The number of sulfonamides is 1. The van der Waals surface area contributed by atoms with Crippen molar-refractivity contribution >= 4 is 27.5 Å². The van der Waals surface area contributed by atoms with Gasteiger partial charge in [0.2, 0.25) is 10.0 Å². The van der Waals surface area contributed by atoms with Gasteiger partial charge in [-0.15, -0.1) is 0 Å². The van der Waals surface area contributed by atoms with Gasteiger partial charge in [-0.25, -0.2) is 18.0 Å². The maximum absolute atomic E-state index is 12.4. The fraction of sp³-hybridized carbons (Fsp3) is 0.176. The zero-order chi connectivity index (χ0) is 16.9. The molecule has 0 spiro atoms. The van der Waals surface area contributed by atoms with Crippen LogP contribution in [0.1, 0.15) is 33.6 Å². The molecule has 0 atom stereocenters. The number of fused-ring (bicyclic) bond motifs is 1. The van der Waals surface area contributed by atoms with Gasteiger partial charge in [-0.05, 0) is 49.2 Å². The fourth-order valence-electron chi connectivity index (χ4n) is 2.69. The molecule has 1 fully saturated rings. The van der Waals surface area contributed by atoms with Gasteiger partial charge in [0.25, 0.3) is 11.8 Å². The van der Waals surface area contributed by atoms with E-state index in [-0.39, 0.29) is 10.9 Å². The third-order valence-corrected chi connectivity index (χ3v) is 5.63. The van der Waals surface area contributed by atoms with E-state index in [2.05, 4.69) is 4.72 Å². The number of anilines is 1. The van der Waals surface area contributed by atoms with Crippen LogP contribution in [0.15, 0.2) is 53.4 Å². The Hall–Kier alpha value is -2.51. The van der Waals surface area contributed by atoms with Gasteiger partial charge in [-0.1, -0.05) is 12.1 Å². The topological polar surface area (TPSA) is 83.6 Å². The number of benzene rings is 2. The van der Waals surface area contributed by atoms with E-state index >= 15 is 0 Å². The van der Waals surface area contributed by atoms with Crippen LogP contribution in [0.3, 0.4) is 0 Å². The van der Waals surface area contributed by atoms with Crippen LogP contribution in [0.5, 0.6) is 0 Å². The Labute approximate surface area is 139 Å². The van der Waals surface area contributed by atoms with Crippen molar-refractivity contribution in [3.63, 3.8) is 0 Å². The molecule has 1 N–H and O–H groups in total. The zero-order valence-electron chi connectivity index (χ0n) is 12.6. The molecule has 7 heteroatoms. The lowest BCUT2D eigenvalue weighted by atomic mass is 10.1. The molecular formula is C17H14N2O4S. The van der Waals surface area contributed by atoms with Gasteiger partial charge in [0, 0.05) is 6.04 Å². The van der Waals surface area contributed by atoms with Crippen molar-refractivity contribution in [3.8, 4) is 0 Å². The summed E-state index contributed by atoms with van der Waals surface area (Å²) in [5.74, 6) is -0.801. The summed E-state index contributed by atoms with van der Waals surface area (Å²) in [7, 11) is -3.56. The van der Waals surface area contributed by atoms with Crippen LogP contribution in [-0.4, -0.2) is 26.3 Å². The van der Waals surface area contributed by atoms with Crippen LogP contribution in [0, 0.1) is 0 Å². The second-order valence-corrected chi connectivity index (χ2v) is 7.59. The molecule has 2 aromatic carbocycles. The molecule has 2 aliphatic rings. The highest BCUT2D eigenvalue weighted by Crippen LogP contribution is 2.29. The summed E-state index contributed by atoms with van der Waals surface area (Å²) >= 11 is 0. The lowest BCUT2D eigenvalue weighted by Gasteiger charge is -2.14. The highest BCUT2D eigenvalue weighted by molar-refractivity contribution is 7.89. The fourth-order valence-corrected chi connectivity index (χ4v) is 3.99. The minimum atomic E-state index is -3.56. The molecule has 1 heterocycles. The summed E-state index contributed by atoms with van der Waals surface area (Å²) in [4.78, 5) is 26.0. The highest BCUT2D eigenvalue weighted by atomic mass is 32.2. The molecule has 2 amide bonds. The first kappa shape index (κ1) is 15.0. The Bertz CT molecular complexity index is 912. The number of hydrogen-bond acceptors (Lipinski definition) is 4. The smallest absolute Gasteiger partial charge is 0.266 e. The average Bonchev–Trinajstić information content (AvgIpc) is 3.34. The van der Waals surface area contributed by atoms with Gasteiger partial charge in [0.05, 0.1) is 21.7 Å². The standard InChI is InChI=1S/C17H14N2O4S/c20-16-14-3-1-2-4-15(14)17(21)19(16)12-7-9-13(10-8-12)24(22,23)18-11-5-6-11/h1-4,7-11,18H,5-6H2. The molecule has 6 nitrogen and oxygen atoms in total. The minimum absolute atomic E-state index is 0.0194. The number of hydrogen-bond donors (Lipinski definition) is 1. The van der Waals surface area contributed by atoms with Gasteiger partial charge < -0.3 is 0 Å². The number of rotatable bonds is 4. The van der Waals surface area contributed by atoms with Crippen LogP contribution < -0.4 is 9.62 Å². The zero-order valence-corrected chi connectivity index (χ0v) is 13.4. The number of carbonyl (C=O) groups excluding carboxylic acids is 2. The molecule has 4 rings (SSSR count). The largest absolute Gasteiger partial charge is 0.268 e. The first-order valence-corrected chi connectivity index (χ1v) is 9.06. The highest BCUT2D eigenvalue weighted by Gasteiger charge is 2.36. The van der Waals surface area contributed by atoms with Crippen LogP contribution >= 0.6 is 0 Å². The second kappa shape index (κ2) is 5.25. The molecule has 0 aromatic heterocycles. The van der Waals surface area contributed by atoms with E-state index in [0.29, 0.717) is 16.8 Å². The number of amides is 2. The average molecular weight is 342 g/mol. The van der Waals surface area contributed by atoms with E-state index in [1.54, 1.807) is 24.3 Å². The minimum Gasteiger partial charge on any atom is -0.268 e. The summed E-state index contributed by atoms with van der Waals surface area (Å²) in [6.45, 7) is 0. The van der Waals surface area contributed by atoms with Crippen molar-refractivity contribution in [3.05, 3.63) is 59.7 Å². The Morgan fingerprint density at radius 1 is 0.875 bits per heavy atom. The molecule has 1 aliphatic heterocycles. The summed E-state index contributed by atoms with van der Waals surface area (Å²) < 4.78 is 26.9. The number of nitrogens with zero attached hydrogens (tertiary/aromatic N) is 1. The van der Waals surface area contributed by atoms with Crippen molar-refractivity contribution in [2.24, 2.45) is 0 Å². The van der Waals surface area contributed by atoms with Crippen LogP contribution in [0.2, 0.25) is 0 Å². The predicted octanol–water partition coefficient (Wildman–Crippen LogP) is 1.93. The predicted molar refractivity (Wildman–Crippen MR) is 87.4 cm³/mol. The molecular weight excluding hydrogens is 328 g/mol. The van der Waals surface area contributed by atoms with E-state index in [9.17, 15) is 18.0 Å². The third kappa shape index (κ3) is 2.42. The lowest BCUT2D eigenvalue weighted by Crippen LogP contribution is -2.29. The monoisotopic (exact) mass is 342 g/mol. The van der Waals surface area contributed by atoms with Gasteiger partial charge in [-0.3, -0.25) is 9.59 Å². The number of imide groups is 1. The molecule has 0 bridgehead atoms. The maximum Gasteiger partial charge on any atom is 0.266 e. The quantitative estimate of drug-likeness (QED) is 0.861. The molecule has 0 saturated heterocycles. The molecule has 0 unspecified atom stereocenters. The normalized spacial score (nSPS) is 17.2.